The summed E-state index contributed by atoms with van der Waals surface area (Å²) >= 11 is 0. The molecule has 0 aliphatic carbocycles. The van der Waals surface area contributed by atoms with E-state index in [0.717, 1.165) is 5.56 Å². The molecule has 0 amide bonds. The Morgan fingerprint density at radius 3 is 2.23 bits per heavy atom. The third-order valence-electron chi connectivity index (χ3n) is 4.45. The molecule has 0 saturated carbocycles. The Bertz CT molecular complexity index is 1230. The lowest BCUT2D eigenvalue weighted by atomic mass is 10.1. The zero-order valence-electron chi connectivity index (χ0n) is 16.4. The van der Waals surface area contributed by atoms with Gasteiger partial charge in [0.15, 0.2) is 28.5 Å². The summed E-state index contributed by atoms with van der Waals surface area (Å²) in [4.78, 5) is 15.3. The minimum atomic E-state index is -0.483. The largest absolute Gasteiger partial charge is 0.493 e. The number of non-ortho nitro benzene ring substituents is 1. The average molecular weight is 402 g/mol. The van der Waals surface area contributed by atoms with E-state index in [1.165, 1.54) is 13.2 Å². The molecule has 4 rings (SSSR count). The average Bonchev–Trinajstić information content (AvgIpc) is 2.75. The standard InChI is InChI=1S/C23H18N2O5/c1-15-12-17-22(24-14-15)18(25(26)27)13-21(28-2)23(17)30-20-11-7-6-10-19(20)29-16-8-4-3-5-9-16/h3-14H,1-2H3. The predicted molar refractivity (Wildman–Crippen MR) is 113 cm³/mol. The van der Waals surface area contributed by atoms with E-state index in [4.69, 9.17) is 14.2 Å². The number of hydrogen-bond acceptors (Lipinski definition) is 6. The number of pyridine rings is 1. The normalized spacial score (nSPS) is 10.6. The van der Waals surface area contributed by atoms with Gasteiger partial charge in [-0.3, -0.25) is 10.1 Å². The Morgan fingerprint density at radius 2 is 1.57 bits per heavy atom. The fraction of sp³-hybridized carbons (Fsp3) is 0.0870. The number of aryl methyl sites for hydroxylation is 1. The molecule has 0 radical (unpaired) electrons. The molecule has 0 N–H and O–H groups in total. The first kappa shape index (κ1) is 19.2. The molecule has 0 spiro atoms. The van der Waals surface area contributed by atoms with Gasteiger partial charge in [-0.25, -0.2) is 4.98 Å². The summed E-state index contributed by atoms with van der Waals surface area (Å²) in [5, 5.41) is 12.0. The molecule has 0 unspecified atom stereocenters. The first-order valence-electron chi connectivity index (χ1n) is 9.18. The molecule has 7 nitrogen and oxygen atoms in total. The molecule has 3 aromatic carbocycles. The monoisotopic (exact) mass is 402 g/mol. The van der Waals surface area contributed by atoms with Gasteiger partial charge >= 0.3 is 0 Å². The van der Waals surface area contributed by atoms with Crippen LogP contribution in [-0.4, -0.2) is 17.0 Å². The summed E-state index contributed by atoms with van der Waals surface area (Å²) in [5.41, 5.74) is 0.912. The van der Waals surface area contributed by atoms with Crippen LogP contribution in [-0.2, 0) is 0 Å². The number of nitro groups is 1. The number of para-hydroxylation sites is 3. The molecule has 30 heavy (non-hydrogen) atoms. The number of rotatable bonds is 6. The molecule has 4 aromatic rings. The van der Waals surface area contributed by atoms with Crippen LogP contribution < -0.4 is 14.2 Å². The van der Waals surface area contributed by atoms with E-state index < -0.39 is 4.92 Å². The Hall–Kier alpha value is -4.13. The van der Waals surface area contributed by atoms with E-state index in [0.29, 0.717) is 28.4 Å². The van der Waals surface area contributed by atoms with E-state index in [-0.39, 0.29) is 17.0 Å². The lowest BCUT2D eigenvalue weighted by Crippen LogP contribution is -1.99. The third-order valence-corrected chi connectivity index (χ3v) is 4.45. The minimum absolute atomic E-state index is 0.150. The number of ether oxygens (including phenoxy) is 3. The maximum atomic E-state index is 11.5. The van der Waals surface area contributed by atoms with Crippen molar-refractivity contribution in [1.29, 1.82) is 0 Å². The molecule has 0 aliphatic rings. The van der Waals surface area contributed by atoms with Crippen molar-refractivity contribution in [3.05, 3.63) is 88.6 Å². The number of benzene rings is 3. The summed E-state index contributed by atoms with van der Waals surface area (Å²) in [6.45, 7) is 1.86. The van der Waals surface area contributed by atoms with E-state index in [1.807, 2.05) is 49.4 Å². The van der Waals surface area contributed by atoms with Gasteiger partial charge in [0.05, 0.1) is 23.5 Å². The van der Waals surface area contributed by atoms with Gasteiger partial charge in [0.2, 0.25) is 0 Å². The fourth-order valence-electron chi connectivity index (χ4n) is 3.08. The van der Waals surface area contributed by atoms with Gasteiger partial charge in [0, 0.05) is 6.20 Å². The first-order valence-corrected chi connectivity index (χ1v) is 9.18. The number of fused-ring (bicyclic) bond motifs is 1. The highest BCUT2D eigenvalue weighted by Gasteiger charge is 2.23. The van der Waals surface area contributed by atoms with Crippen LogP contribution in [0.2, 0.25) is 0 Å². The molecule has 7 heteroatoms. The van der Waals surface area contributed by atoms with Gasteiger partial charge < -0.3 is 14.2 Å². The quantitative estimate of drug-likeness (QED) is 0.289. The van der Waals surface area contributed by atoms with Crippen molar-refractivity contribution in [2.75, 3.05) is 7.11 Å². The second-order valence-electron chi connectivity index (χ2n) is 6.56. The Kier molecular flexibility index (Phi) is 5.17. The zero-order chi connectivity index (χ0) is 21.1. The van der Waals surface area contributed by atoms with E-state index in [2.05, 4.69) is 4.98 Å². The predicted octanol–water partition coefficient (Wildman–Crippen LogP) is 6.04. The molecule has 0 bridgehead atoms. The van der Waals surface area contributed by atoms with Gasteiger partial charge in [0.1, 0.15) is 5.75 Å². The summed E-state index contributed by atoms with van der Waals surface area (Å²) in [7, 11) is 1.44. The van der Waals surface area contributed by atoms with Crippen LogP contribution in [0, 0.1) is 17.0 Å². The van der Waals surface area contributed by atoms with E-state index in [9.17, 15) is 10.1 Å². The van der Waals surface area contributed by atoms with Crippen molar-refractivity contribution in [1.82, 2.24) is 4.98 Å². The molecule has 1 heterocycles. The number of hydrogen-bond donors (Lipinski definition) is 0. The summed E-state index contributed by atoms with van der Waals surface area (Å²) in [5.74, 6) is 2.16. The smallest absolute Gasteiger partial charge is 0.299 e. The van der Waals surface area contributed by atoms with Crippen LogP contribution in [0.5, 0.6) is 28.7 Å². The second kappa shape index (κ2) is 8.08. The van der Waals surface area contributed by atoms with Crippen molar-refractivity contribution >= 4 is 16.6 Å². The van der Waals surface area contributed by atoms with E-state index >= 15 is 0 Å². The molecule has 0 fully saturated rings. The van der Waals surface area contributed by atoms with E-state index in [1.54, 1.807) is 24.4 Å². The topological polar surface area (TPSA) is 83.7 Å². The lowest BCUT2D eigenvalue weighted by Gasteiger charge is -2.16. The Labute approximate surface area is 172 Å². The van der Waals surface area contributed by atoms with Gasteiger partial charge in [-0.2, -0.15) is 0 Å². The highest BCUT2D eigenvalue weighted by atomic mass is 16.6. The molecular weight excluding hydrogens is 384 g/mol. The van der Waals surface area contributed by atoms with Crippen molar-refractivity contribution in [3.63, 3.8) is 0 Å². The van der Waals surface area contributed by atoms with Crippen molar-refractivity contribution in [2.24, 2.45) is 0 Å². The van der Waals surface area contributed by atoms with Gasteiger partial charge in [-0.1, -0.05) is 30.3 Å². The first-order chi connectivity index (χ1) is 14.6. The Morgan fingerprint density at radius 1 is 0.900 bits per heavy atom. The maximum absolute atomic E-state index is 11.5. The third kappa shape index (κ3) is 3.73. The zero-order valence-corrected chi connectivity index (χ0v) is 16.4. The van der Waals surface area contributed by atoms with Crippen LogP contribution in [0.1, 0.15) is 5.56 Å². The SMILES string of the molecule is COc1cc([N+](=O)[O-])c2ncc(C)cc2c1Oc1ccccc1Oc1ccccc1. The van der Waals surface area contributed by atoms with Crippen LogP contribution in [0.4, 0.5) is 5.69 Å². The van der Waals surface area contributed by atoms with Crippen molar-refractivity contribution in [3.8, 4) is 28.7 Å². The molecule has 0 aliphatic heterocycles. The molecule has 1 aromatic heterocycles. The molecule has 0 atom stereocenters. The highest BCUT2D eigenvalue weighted by molar-refractivity contribution is 5.95. The molecule has 0 saturated heterocycles. The second-order valence-corrected chi connectivity index (χ2v) is 6.56. The van der Waals surface area contributed by atoms with Crippen molar-refractivity contribution in [2.45, 2.75) is 6.92 Å². The fourth-order valence-corrected chi connectivity index (χ4v) is 3.08. The summed E-state index contributed by atoms with van der Waals surface area (Å²) < 4.78 is 17.6. The van der Waals surface area contributed by atoms with Crippen LogP contribution in [0.25, 0.3) is 10.9 Å². The van der Waals surface area contributed by atoms with Crippen LogP contribution >= 0.6 is 0 Å². The number of nitro benzene ring substituents is 1. The minimum Gasteiger partial charge on any atom is -0.493 e. The molecular formula is C23H18N2O5. The number of methoxy groups -OCH3 is 1. The van der Waals surface area contributed by atoms with Crippen LogP contribution in [0.3, 0.4) is 0 Å². The lowest BCUT2D eigenvalue weighted by molar-refractivity contribution is -0.383. The summed E-state index contributed by atoms with van der Waals surface area (Å²) in [6, 6.07) is 19.6. The van der Waals surface area contributed by atoms with Gasteiger partial charge in [-0.05, 0) is 42.8 Å². The highest BCUT2D eigenvalue weighted by Crippen LogP contribution is 2.45. The van der Waals surface area contributed by atoms with Gasteiger partial charge in [0.25, 0.3) is 5.69 Å². The van der Waals surface area contributed by atoms with Gasteiger partial charge in [-0.15, -0.1) is 0 Å². The Balaban J connectivity index is 1.84. The number of nitrogens with zero attached hydrogens (tertiary/aromatic N) is 2. The molecule has 150 valence electrons. The van der Waals surface area contributed by atoms with Crippen LogP contribution in [0.15, 0.2) is 72.9 Å². The van der Waals surface area contributed by atoms with Crippen molar-refractivity contribution < 1.29 is 19.1 Å². The summed E-state index contributed by atoms with van der Waals surface area (Å²) in [6.07, 6.45) is 1.58. The number of aromatic nitrogens is 1. The maximum Gasteiger partial charge on any atom is 0.299 e.